The second-order valence-electron chi connectivity index (χ2n) is 19.8. The highest BCUT2D eigenvalue weighted by atomic mass is 16.5. The number of ether oxygens (including phenoxy) is 1. The summed E-state index contributed by atoms with van der Waals surface area (Å²) in [4.78, 5) is 33.3. The van der Waals surface area contributed by atoms with Crippen molar-refractivity contribution in [3.63, 3.8) is 0 Å². The lowest BCUT2D eigenvalue weighted by atomic mass is 9.76. The lowest BCUT2D eigenvalue weighted by Crippen LogP contribution is -2.34. The lowest BCUT2D eigenvalue weighted by molar-refractivity contribution is -0.123. The van der Waals surface area contributed by atoms with Crippen molar-refractivity contribution < 1.29 is 14.3 Å². The average molecular weight is 945 g/mol. The van der Waals surface area contributed by atoms with Gasteiger partial charge < -0.3 is 15.4 Å². The molecule has 0 aliphatic rings. The van der Waals surface area contributed by atoms with Crippen LogP contribution in [0.15, 0.2) is 97.1 Å². The van der Waals surface area contributed by atoms with Gasteiger partial charge in [0.25, 0.3) is 5.91 Å². The van der Waals surface area contributed by atoms with Gasteiger partial charge in [-0.15, -0.1) is 0 Å². The third kappa shape index (κ3) is 19.2. The summed E-state index contributed by atoms with van der Waals surface area (Å²) >= 11 is 0. The Hall–Kier alpha value is -6.42. The van der Waals surface area contributed by atoms with Gasteiger partial charge in [0.05, 0.1) is 11.1 Å². The van der Waals surface area contributed by atoms with E-state index >= 15 is 0 Å². The molecule has 0 aromatic heterocycles. The molecule has 2 N–H and O–H groups in total. The van der Waals surface area contributed by atoms with Crippen molar-refractivity contribution in [2.75, 3.05) is 10.6 Å². The minimum Gasteiger partial charge on any atom is -0.480 e. The highest BCUT2D eigenvalue weighted by Crippen LogP contribution is 2.39. The summed E-state index contributed by atoms with van der Waals surface area (Å²) in [6.45, 7) is 32.1. The first kappa shape index (κ1) is 57.9. The van der Waals surface area contributed by atoms with Gasteiger partial charge in [0.15, 0.2) is 18.2 Å². The molecule has 372 valence electrons. The fraction of sp³-hybridized carbons (Fsp3) is 0.508. The Bertz CT molecular complexity index is 2350. The van der Waals surface area contributed by atoms with E-state index in [0.29, 0.717) is 35.3 Å². The summed E-state index contributed by atoms with van der Waals surface area (Å²) in [5.74, 6) is 0.427. The van der Waals surface area contributed by atoms with Gasteiger partial charge in [-0.2, -0.15) is 10.5 Å². The van der Waals surface area contributed by atoms with Crippen LogP contribution in [0, 0.1) is 41.7 Å². The summed E-state index contributed by atoms with van der Waals surface area (Å²) in [6, 6.07) is 32.9. The van der Waals surface area contributed by atoms with Crippen molar-refractivity contribution in [3.05, 3.63) is 148 Å². The van der Waals surface area contributed by atoms with Gasteiger partial charge in [0.1, 0.15) is 5.75 Å². The Balaban J connectivity index is 0.000000371. The maximum Gasteiger partial charge on any atom is 0.332 e. The number of nitrogens with one attached hydrogen (secondary N) is 2. The number of unbranched alkanes of at least 4 members (excludes halogenated alkanes) is 10. The molecule has 0 spiro atoms. The van der Waals surface area contributed by atoms with Crippen molar-refractivity contribution in [1.82, 2.24) is 0 Å². The summed E-state index contributed by atoms with van der Waals surface area (Å²) in [5, 5.41) is 24.4. The van der Waals surface area contributed by atoms with Gasteiger partial charge in [-0.25, -0.2) is 13.1 Å². The van der Waals surface area contributed by atoms with E-state index in [1.54, 1.807) is 42.5 Å². The van der Waals surface area contributed by atoms with Gasteiger partial charge in [-0.1, -0.05) is 181 Å². The normalized spacial score (nSPS) is 12.8. The molecule has 0 saturated heterocycles. The van der Waals surface area contributed by atoms with Crippen molar-refractivity contribution in [2.24, 2.45) is 5.92 Å². The fourth-order valence-corrected chi connectivity index (χ4v) is 8.26. The number of carbonyl (C=O) groups is 2. The molecule has 0 bridgehead atoms. The summed E-state index contributed by atoms with van der Waals surface area (Å²) in [5.41, 5.74) is 5.88. The summed E-state index contributed by atoms with van der Waals surface area (Å²) < 4.78 is 6.48. The predicted molar refractivity (Wildman–Crippen MR) is 287 cm³/mol. The van der Waals surface area contributed by atoms with Gasteiger partial charge in [0, 0.05) is 22.9 Å². The number of rotatable bonds is 28. The number of nitriles is 2. The van der Waals surface area contributed by atoms with Crippen molar-refractivity contribution in [1.29, 1.82) is 10.5 Å². The number of hydrogen-bond donors (Lipinski definition) is 2. The van der Waals surface area contributed by atoms with Crippen LogP contribution in [0.4, 0.5) is 11.4 Å². The molecular formula is C61H80N6O3. The monoisotopic (exact) mass is 945 g/mol. The maximum atomic E-state index is 13.4. The van der Waals surface area contributed by atoms with Crippen molar-refractivity contribution >= 4 is 23.2 Å². The molecule has 0 aliphatic carbocycles. The molecule has 4 atom stereocenters. The molecule has 70 heavy (non-hydrogen) atoms. The SMILES string of the molecule is [C-]#[N+]C(C#N)c1cccc(NC(=O)C(CCCC)Oc2ccc(C(C)(C)CC)cc2C(C)(C)CC)c1.[C-]#[N+]C(C#N)c1cccc(NC(=O)C(CCCCCCCCCCCC)Cc2ccccc2)c1. The molecule has 2 amide bonds. The standard InChI is InChI=1S/C31H41N3O2.C30H39N3O/c1-9-12-16-28(29(35)34-24-15-13-14-22(19-24)26(21-32)33-8)36-27-18-17-23(30(4,5)10-2)20-25(27)31(6,7)11-3;1-3-4-5-6-7-8-9-10-11-15-19-27(22-25-17-13-12-14-18-25)30(34)33-28-21-16-20-26(23-28)29(24-31)32-2/h13-15,17-20,26,28H,9-12,16H2,1-7H3,(H,34,35);12-14,16-18,20-21,23,27,29H,3-11,15,19,22H2,1H3,(H,33,34). The van der Waals surface area contributed by atoms with Crippen LogP contribution in [0.3, 0.4) is 0 Å². The van der Waals surface area contributed by atoms with Crippen LogP contribution < -0.4 is 15.4 Å². The number of anilines is 2. The first-order chi connectivity index (χ1) is 33.7. The number of amides is 2. The topological polar surface area (TPSA) is 124 Å². The molecule has 0 fully saturated rings. The largest absolute Gasteiger partial charge is 0.480 e. The van der Waals surface area contributed by atoms with Crippen molar-refractivity contribution in [3.8, 4) is 17.9 Å². The Kier molecular flexibility index (Phi) is 25.6. The van der Waals surface area contributed by atoms with E-state index < -0.39 is 18.2 Å². The highest BCUT2D eigenvalue weighted by molar-refractivity contribution is 5.94. The maximum absolute atomic E-state index is 13.4. The van der Waals surface area contributed by atoms with Gasteiger partial charge >= 0.3 is 12.1 Å². The number of hydrogen-bond acceptors (Lipinski definition) is 5. The zero-order chi connectivity index (χ0) is 51.4. The average Bonchev–Trinajstić information content (AvgIpc) is 3.36. The zero-order valence-electron chi connectivity index (χ0n) is 43.6. The van der Waals surface area contributed by atoms with Crippen LogP contribution in [-0.2, 0) is 26.8 Å². The van der Waals surface area contributed by atoms with E-state index in [2.05, 4.69) is 100.0 Å². The van der Waals surface area contributed by atoms with Crippen molar-refractivity contribution in [2.45, 2.75) is 194 Å². The van der Waals surface area contributed by atoms with Gasteiger partial charge in [0.2, 0.25) is 5.91 Å². The van der Waals surface area contributed by atoms with Crippen LogP contribution in [0.25, 0.3) is 9.69 Å². The van der Waals surface area contributed by atoms with Crippen LogP contribution in [-0.4, -0.2) is 17.9 Å². The number of carbonyl (C=O) groups excluding carboxylic acids is 2. The third-order valence-corrected chi connectivity index (χ3v) is 13.7. The second kappa shape index (κ2) is 30.9. The first-order valence-electron chi connectivity index (χ1n) is 25.9. The van der Waals surface area contributed by atoms with E-state index in [1.807, 2.05) is 42.5 Å². The molecule has 4 aromatic carbocycles. The fourth-order valence-electron chi connectivity index (χ4n) is 8.26. The zero-order valence-corrected chi connectivity index (χ0v) is 43.6. The second-order valence-corrected chi connectivity index (χ2v) is 19.8. The van der Waals surface area contributed by atoms with E-state index in [-0.39, 0.29) is 28.6 Å². The molecule has 4 rings (SSSR count). The minimum atomic E-state index is -0.890. The highest BCUT2D eigenvalue weighted by Gasteiger charge is 2.30. The van der Waals surface area contributed by atoms with Gasteiger partial charge in [-0.05, 0) is 103 Å². The number of benzene rings is 4. The quantitative estimate of drug-likeness (QED) is 0.0433. The van der Waals surface area contributed by atoms with E-state index in [4.69, 9.17) is 17.9 Å². The Morgan fingerprint density at radius 1 is 0.600 bits per heavy atom. The Morgan fingerprint density at radius 2 is 1.11 bits per heavy atom. The van der Waals surface area contributed by atoms with E-state index in [0.717, 1.165) is 56.3 Å². The van der Waals surface area contributed by atoms with E-state index in [9.17, 15) is 20.1 Å². The molecule has 4 unspecified atom stereocenters. The molecule has 0 radical (unpaired) electrons. The molecule has 9 nitrogen and oxygen atoms in total. The Labute approximate surface area is 422 Å². The molecule has 0 heterocycles. The Morgan fingerprint density at radius 3 is 1.61 bits per heavy atom. The van der Waals surface area contributed by atoms with Crippen LogP contribution in [0.1, 0.15) is 198 Å². The third-order valence-electron chi connectivity index (χ3n) is 13.7. The molecule has 0 aliphatic heterocycles. The van der Waals surface area contributed by atoms with Gasteiger partial charge in [-0.3, -0.25) is 19.3 Å². The first-order valence-corrected chi connectivity index (χ1v) is 25.9. The van der Waals surface area contributed by atoms with Crippen LogP contribution in [0.5, 0.6) is 5.75 Å². The summed E-state index contributed by atoms with van der Waals surface area (Å²) in [7, 11) is 0. The molecule has 4 aromatic rings. The smallest absolute Gasteiger partial charge is 0.332 e. The molecular weight excluding hydrogens is 865 g/mol. The molecule has 9 heteroatoms. The predicted octanol–water partition coefficient (Wildman–Crippen LogP) is 16.4. The number of nitrogens with zero attached hydrogens (tertiary/aromatic N) is 4. The minimum absolute atomic E-state index is 0.00764. The molecule has 0 saturated carbocycles. The van der Waals surface area contributed by atoms with Crippen LogP contribution in [0.2, 0.25) is 0 Å². The summed E-state index contributed by atoms with van der Waals surface area (Å²) in [6.07, 6.45) is 18.1. The lowest BCUT2D eigenvalue weighted by Gasteiger charge is -2.31. The van der Waals surface area contributed by atoms with Crippen LogP contribution >= 0.6 is 0 Å². The van der Waals surface area contributed by atoms with E-state index in [1.165, 1.54) is 62.5 Å².